The monoisotopic (exact) mass is 733 g/mol. The predicted octanol–water partition coefficient (Wildman–Crippen LogP) is 3.97. The number of ketones is 1. The van der Waals surface area contributed by atoms with E-state index in [4.69, 9.17) is 16.4 Å². The van der Waals surface area contributed by atoms with Gasteiger partial charge < -0.3 is 15.5 Å². The molecule has 6 rings (SSSR count). The Balaban J connectivity index is 1.26. The van der Waals surface area contributed by atoms with E-state index in [0.717, 1.165) is 18.4 Å². The summed E-state index contributed by atoms with van der Waals surface area (Å²) in [6, 6.07) is 21.4. The van der Waals surface area contributed by atoms with Crippen molar-refractivity contribution in [1.29, 1.82) is 0 Å². The Labute approximate surface area is 302 Å². The lowest BCUT2D eigenvalue weighted by Gasteiger charge is -2.28. The van der Waals surface area contributed by atoms with Crippen molar-refractivity contribution in [2.24, 2.45) is 0 Å². The molecule has 0 unspecified atom stereocenters. The molecule has 0 aromatic heterocycles. The Bertz CT molecular complexity index is 1920. The highest BCUT2D eigenvalue weighted by Gasteiger charge is 2.52. The minimum Gasteiger partial charge on any atom is -0.347 e. The molecule has 2 aliphatic heterocycles. The van der Waals surface area contributed by atoms with Crippen LogP contribution in [-0.4, -0.2) is 73.6 Å². The first-order valence-corrected chi connectivity index (χ1v) is 18.8. The lowest BCUT2D eigenvalue weighted by molar-refractivity contribution is -0.142. The maximum absolute atomic E-state index is 14.2. The number of carbonyl (C=O) groups is 4. The zero-order valence-electron chi connectivity index (χ0n) is 28.1. The molecule has 3 aromatic carbocycles. The molecule has 0 radical (unpaired) electrons. The van der Waals surface area contributed by atoms with Gasteiger partial charge >= 0.3 is 0 Å². The highest BCUT2D eigenvalue weighted by atomic mass is 35.5. The topological polar surface area (TPSA) is 154 Å². The Morgan fingerprint density at radius 1 is 1.02 bits per heavy atom. The van der Waals surface area contributed by atoms with Crippen LogP contribution in [0, 0.1) is 0 Å². The van der Waals surface area contributed by atoms with Gasteiger partial charge in [-0.2, -0.15) is 0 Å². The molecule has 14 heteroatoms. The molecule has 3 atom stereocenters. The van der Waals surface area contributed by atoms with E-state index in [1.54, 1.807) is 72.8 Å². The van der Waals surface area contributed by atoms with E-state index in [1.165, 1.54) is 21.3 Å². The van der Waals surface area contributed by atoms with Crippen LogP contribution in [0.5, 0.6) is 0 Å². The third kappa shape index (κ3) is 8.27. The number of hydrogen-bond donors (Lipinski definition) is 3. The van der Waals surface area contributed by atoms with Gasteiger partial charge in [-0.25, -0.2) is 8.42 Å². The molecule has 3 N–H and O–H groups in total. The summed E-state index contributed by atoms with van der Waals surface area (Å²) in [5.74, 6) is -2.59. The lowest BCUT2D eigenvalue weighted by atomic mass is 9.97. The van der Waals surface area contributed by atoms with E-state index >= 15 is 0 Å². The van der Waals surface area contributed by atoms with Crippen molar-refractivity contribution < 1.29 is 32.4 Å². The third-order valence-corrected chi connectivity index (χ3v) is 11.2. The second kappa shape index (κ2) is 15.3. The molecule has 3 aliphatic rings. The summed E-state index contributed by atoms with van der Waals surface area (Å²) in [6.07, 6.45) is 3.94. The van der Waals surface area contributed by atoms with E-state index in [2.05, 4.69) is 16.1 Å². The highest BCUT2D eigenvalue weighted by molar-refractivity contribution is 7.92. The molecule has 3 amide bonds. The standard InChI is InChI=1S/C37H40ClN5O7S/c1-2-10-30(34(45)36(47)39-27-17-18-27)40-35(46)32-23-37(22-31(41-50-37)25-11-9-12-26(38)21-25)24-42(32)33(44)19-20-43(28-13-5-3-6-14-28)51(48,49)29-15-7-4-8-16-29/h3-9,11-16,21-22,27,30,32,41H,2,10,17-20,23-24H2,1H3,(H,39,47)(H,40,46)/t30-,32-,37+/m0/s1. The second-order valence-electron chi connectivity index (χ2n) is 13.0. The molecule has 1 aliphatic carbocycles. The predicted molar refractivity (Wildman–Crippen MR) is 192 cm³/mol. The number of nitrogens with one attached hydrogen (secondary N) is 3. The van der Waals surface area contributed by atoms with Crippen LogP contribution >= 0.6 is 11.6 Å². The minimum atomic E-state index is -4.06. The van der Waals surface area contributed by atoms with Gasteiger partial charge in [0.1, 0.15) is 11.6 Å². The van der Waals surface area contributed by atoms with Gasteiger partial charge in [0, 0.05) is 36.0 Å². The number of likely N-dealkylation sites (tertiary alicyclic amines) is 1. The fourth-order valence-electron chi connectivity index (χ4n) is 6.36. The third-order valence-electron chi connectivity index (χ3n) is 9.13. The van der Waals surface area contributed by atoms with Crippen LogP contribution < -0.4 is 20.4 Å². The van der Waals surface area contributed by atoms with Crippen molar-refractivity contribution in [3.8, 4) is 0 Å². The number of para-hydroxylation sites is 1. The number of benzene rings is 3. The van der Waals surface area contributed by atoms with Crippen molar-refractivity contribution in [2.45, 2.75) is 74.1 Å². The van der Waals surface area contributed by atoms with Crippen LogP contribution in [0.25, 0.3) is 5.70 Å². The van der Waals surface area contributed by atoms with Gasteiger partial charge in [0.15, 0.2) is 0 Å². The Morgan fingerprint density at radius 3 is 2.39 bits per heavy atom. The molecule has 268 valence electrons. The normalized spacial score (nSPS) is 20.3. The number of rotatable bonds is 14. The lowest BCUT2D eigenvalue weighted by Crippen LogP contribution is -2.53. The molecule has 0 bridgehead atoms. The number of nitrogens with zero attached hydrogens (tertiary/aromatic N) is 2. The number of hydrogen-bond acceptors (Lipinski definition) is 8. The average Bonchev–Trinajstić information content (AvgIpc) is 3.72. The van der Waals surface area contributed by atoms with Crippen molar-refractivity contribution in [3.05, 3.63) is 102 Å². The van der Waals surface area contributed by atoms with Crippen molar-refractivity contribution in [1.82, 2.24) is 21.0 Å². The van der Waals surface area contributed by atoms with E-state index in [0.29, 0.717) is 22.8 Å². The first-order valence-electron chi connectivity index (χ1n) is 17.0. The molecule has 3 aromatic rings. The number of carbonyl (C=O) groups excluding carboxylic acids is 4. The quantitative estimate of drug-likeness (QED) is 0.211. The smallest absolute Gasteiger partial charge is 0.289 e. The van der Waals surface area contributed by atoms with Crippen LogP contribution in [0.4, 0.5) is 5.69 Å². The van der Waals surface area contributed by atoms with Gasteiger partial charge in [-0.05, 0) is 61.7 Å². The number of hydroxylamine groups is 1. The summed E-state index contributed by atoms with van der Waals surface area (Å²) in [5, 5.41) is 5.95. The van der Waals surface area contributed by atoms with E-state index in [9.17, 15) is 27.6 Å². The fraction of sp³-hybridized carbons (Fsp3) is 0.351. The minimum absolute atomic E-state index is 0.0316. The molecule has 1 saturated heterocycles. The molecule has 2 fully saturated rings. The Kier molecular flexibility index (Phi) is 10.8. The van der Waals surface area contributed by atoms with Crippen molar-refractivity contribution >= 4 is 56.5 Å². The molecule has 1 spiro atoms. The second-order valence-corrected chi connectivity index (χ2v) is 15.3. The first kappa shape index (κ1) is 36.1. The highest BCUT2D eigenvalue weighted by Crippen LogP contribution is 2.38. The maximum Gasteiger partial charge on any atom is 0.289 e. The molecule has 1 saturated carbocycles. The molecule has 12 nitrogen and oxygen atoms in total. The summed E-state index contributed by atoms with van der Waals surface area (Å²) >= 11 is 6.23. The zero-order chi connectivity index (χ0) is 36.2. The van der Waals surface area contributed by atoms with Gasteiger partial charge in [0.25, 0.3) is 15.9 Å². The van der Waals surface area contributed by atoms with Crippen LogP contribution in [0.3, 0.4) is 0 Å². The Morgan fingerprint density at radius 2 is 1.73 bits per heavy atom. The van der Waals surface area contributed by atoms with Crippen LogP contribution in [-0.2, 0) is 34.0 Å². The zero-order valence-corrected chi connectivity index (χ0v) is 29.7. The summed E-state index contributed by atoms with van der Waals surface area (Å²) in [7, 11) is -4.06. The van der Waals surface area contributed by atoms with Crippen molar-refractivity contribution in [2.75, 3.05) is 17.4 Å². The maximum atomic E-state index is 14.2. The van der Waals surface area contributed by atoms with E-state index in [1.807, 2.05) is 13.0 Å². The van der Waals surface area contributed by atoms with Crippen molar-refractivity contribution in [3.63, 3.8) is 0 Å². The summed E-state index contributed by atoms with van der Waals surface area (Å²) in [6.45, 7) is 1.60. The van der Waals surface area contributed by atoms with Gasteiger partial charge in [-0.15, -0.1) is 0 Å². The van der Waals surface area contributed by atoms with Crippen LogP contribution in [0.2, 0.25) is 5.02 Å². The van der Waals surface area contributed by atoms with Gasteiger partial charge in [-0.1, -0.05) is 73.5 Å². The number of sulfonamides is 1. The number of halogens is 1. The van der Waals surface area contributed by atoms with Gasteiger partial charge in [0.2, 0.25) is 17.6 Å². The van der Waals surface area contributed by atoms with Crippen LogP contribution in [0.15, 0.2) is 95.9 Å². The largest absolute Gasteiger partial charge is 0.347 e. The Hall–Kier alpha value is -4.72. The average molecular weight is 734 g/mol. The number of amides is 3. The summed E-state index contributed by atoms with van der Waals surface area (Å²) < 4.78 is 28.9. The summed E-state index contributed by atoms with van der Waals surface area (Å²) in [4.78, 5) is 61.5. The molecular formula is C37H40ClN5O7S. The summed E-state index contributed by atoms with van der Waals surface area (Å²) in [5.41, 5.74) is 3.51. The number of anilines is 1. The molecule has 51 heavy (non-hydrogen) atoms. The fourth-order valence-corrected chi connectivity index (χ4v) is 8.04. The van der Waals surface area contributed by atoms with E-state index < -0.39 is 51.2 Å². The molecule has 2 heterocycles. The van der Waals surface area contributed by atoms with Gasteiger partial charge in [0.05, 0.1) is 28.9 Å². The van der Waals surface area contributed by atoms with Crippen LogP contribution in [0.1, 0.15) is 51.0 Å². The van der Waals surface area contributed by atoms with Gasteiger partial charge in [-0.3, -0.25) is 33.8 Å². The molecular weight excluding hydrogens is 694 g/mol. The SMILES string of the molecule is CCC[C@H](NC(=O)[C@@H]1C[C@]2(C=C(c3cccc(Cl)c3)NO2)CN1C(=O)CCN(c1ccccc1)S(=O)(=O)c1ccccc1)C(=O)C(=O)NC1CC1. The van der Waals surface area contributed by atoms with E-state index in [-0.39, 0.29) is 43.3 Å². The number of Topliss-reactive ketones (excluding diaryl/α,β-unsaturated/α-hetero) is 1. The first-order chi connectivity index (χ1) is 24.5.